The number of phenolic OH excluding ortho intramolecular Hbond substituents is 1. The molecule has 0 aliphatic carbocycles. The molecule has 0 unspecified atom stereocenters. The second-order valence-corrected chi connectivity index (χ2v) is 4.65. The van der Waals surface area contributed by atoms with Gasteiger partial charge in [-0.1, -0.05) is 0 Å². The monoisotopic (exact) mass is 266 g/mol. The topological polar surface area (TPSA) is 61.8 Å². The minimum Gasteiger partial charge on any atom is -0.507 e. The summed E-state index contributed by atoms with van der Waals surface area (Å²) in [4.78, 5) is 14.0. The van der Waals surface area contributed by atoms with Crippen LogP contribution in [0.1, 0.15) is 23.2 Å². The Hall–Kier alpha value is -1.75. The maximum Gasteiger partial charge on any atom is 0.255 e. The van der Waals surface area contributed by atoms with Gasteiger partial charge in [0, 0.05) is 6.54 Å². The van der Waals surface area contributed by atoms with Gasteiger partial charge in [-0.05, 0) is 51.7 Å². The first-order valence-corrected chi connectivity index (χ1v) is 6.34. The van der Waals surface area contributed by atoms with E-state index in [0.29, 0.717) is 12.3 Å². The molecule has 1 amide bonds. The molecule has 0 saturated carbocycles. The Bertz CT molecular complexity index is 419. The van der Waals surface area contributed by atoms with Gasteiger partial charge in [0.05, 0.1) is 12.7 Å². The summed E-state index contributed by atoms with van der Waals surface area (Å²) in [7, 11) is 5.56. The summed E-state index contributed by atoms with van der Waals surface area (Å²) < 4.78 is 5.03. The Labute approximate surface area is 114 Å². The molecule has 106 valence electrons. The van der Waals surface area contributed by atoms with E-state index in [-0.39, 0.29) is 17.2 Å². The van der Waals surface area contributed by atoms with Crippen molar-refractivity contribution < 1.29 is 14.6 Å². The number of amides is 1. The number of rotatable bonds is 7. The Morgan fingerprint density at radius 2 is 2.11 bits per heavy atom. The first kappa shape index (κ1) is 15.3. The van der Waals surface area contributed by atoms with Crippen LogP contribution in [0.15, 0.2) is 18.2 Å². The molecule has 0 radical (unpaired) electrons. The SMILES string of the molecule is COc1ccc(O)c(C(=O)NCCCCN(C)C)c1. The van der Waals surface area contributed by atoms with Crippen LogP contribution in [0.4, 0.5) is 0 Å². The minimum absolute atomic E-state index is 0.0356. The fourth-order valence-corrected chi connectivity index (χ4v) is 1.67. The molecule has 0 aromatic heterocycles. The van der Waals surface area contributed by atoms with Gasteiger partial charge >= 0.3 is 0 Å². The zero-order chi connectivity index (χ0) is 14.3. The van der Waals surface area contributed by atoms with Crippen molar-refractivity contribution in [3.8, 4) is 11.5 Å². The van der Waals surface area contributed by atoms with Gasteiger partial charge in [-0.2, -0.15) is 0 Å². The van der Waals surface area contributed by atoms with Crippen molar-refractivity contribution in [1.29, 1.82) is 0 Å². The molecular formula is C14H22N2O3. The third-order valence-electron chi connectivity index (χ3n) is 2.77. The number of unbranched alkanes of at least 4 members (excludes halogenated alkanes) is 1. The van der Waals surface area contributed by atoms with Gasteiger partial charge in [-0.25, -0.2) is 0 Å². The number of hydrogen-bond acceptors (Lipinski definition) is 4. The molecule has 2 N–H and O–H groups in total. The lowest BCUT2D eigenvalue weighted by atomic mass is 10.1. The van der Waals surface area contributed by atoms with E-state index < -0.39 is 0 Å². The second-order valence-electron chi connectivity index (χ2n) is 4.65. The van der Waals surface area contributed by atoms with Crippen molar-refractivity contribution in [2.75, 3.05) is 34.3 Å². The lowest BCUT2D eigenvalue weighted by molar-refractivity contribution is 0.0949. The number of methoxy groups -OCH3 is 1. The molecule has 5 nitrogen and oxygen atoms in total. The molecule has 0 fully saturated rings. The Balaban J connectivity index is 2.45. The lowest BCUT2D eigenvalue weighted by Crippen LogP contribution is -2.25. The van der Waals surface area contributed by atoms with Gasteiger partial charge in [-0.3, -0.25) is 4.79 Å². The van der Waals surface area contributed by atoms with Crippen molar-refractivity contribution >= 4 is 5.91 Å². The molecule has 0 atom stereocenters. The van der Waals surface area contributed by atoms with Crippen LogP contribution in [-0.4, -0.2) is 50.2 Å². The average molecular weight is 266 g/mol. The quantitative estimate of drug-likeness (QED) is 0.734. The number of carbonyl (C=O) groups excluding carboxylic acids is 1. The fraction of sp³-hybridized carbons (Fsp3) is 0.500. The molecule has 0 spiro atoms. The van der Waals surface area contributed by atoms with Crippen LogP contribution in [0.2, 0.25) is 0 Å². The van der Waals surface area contributed by atoms with Crippen LogP contribution in [0.5, 0.6) is 11.5 Å². The number of benzene rings is 1. The molecule has 0 heterocycles. The first-order valence-electron chi connectivity index (χ1n) is 6.34. The molecule has 1 aromatic carbocycles. The number of nitrogens with zero attached hydrogens (tertiary/aromatic N) is 1. The number of ether oxygens (including phenoxy) is 1. The number of phenols is 1. The van der Waals surface area contributed by atoms with E-state index in [9.17, 15) is 9.90 Å². The third kappa shape index (κ3) is 5.18. The van der Waals surface area contributed by atoms with E-state index in [1.54, 1.807) is 6.07 Å². The van der Waals surface area contributed by atoms with E-state index in [1.807, 2.05) is 14.1 Å². The smallest absolute Gasteiger partial charge is 0.255 e. The molecule has 5 heteroatoms. The highest BCUT2D eigenvalue weighted by molar-refractivity contribution is 5.97. The number of aromatic hydroxyl groups is 1. The van der Waals surface area contributed by atoms with E-state index in [0.717, 1.165) is 19.4 Å². The molecule has 0 bridgehead atoms. The van der Waals surface area contributed by atoms with Crippen LogP contribution in [0.25, 0.3) is 0 Å². The van der Waals surface area contributed by atoms with Crippen LogP contribution < -0.4 is 10.1 Å². The fourth-order valence-electron chi connectivity index (χ4n) is 1.67. The molecule has 19 heavy (non-hydrogen) atoms. The zero-order valence-electron chi connectivity index (χ0n) is 11.8. The van der Waals surface area contributed by atoms with Crippen molar-refractivity contribution in [3.05, 3.63) is 23.8 Å². The van der Waals surface area contributed by atoms with Crippen molar-refractivity contribution in [2.24, 2.45) is 0 Å². The highest BCUT2D eigenvalue weighted by atomic mass is 16.5. The third-order valence-corrected chi connectivity index (χ3v) is 2.77. The first-order chi connectivity index (χ1) is 9.04. The van der Waals surface area contributed by atoms with E-state index in [1.165, 1.54) is 19.2 Å². The van der Waals surface area contributed by atoms with Gasteiger partial charge in [-0.15, -0.1) is 0 Å². The van der Waals surface area contributed by atoms with Crippen LogP contribution in [0, 0.1) is 0 Å². The predicted molar refractivity (Wildman–Crippen MR) is 74.8 cm³/mol. The van der Waals surface area contributed by atoms with Crippen molar-refractivity contribution in [1.82, 2.24) is 10.2 Å². The van der Waals surface area contributed by atoms with E-state index >= 15 is 0 Å². The molecule has 0 aliphatic heterocycles. The number of hydrogen-bond donors (Lipinski definition) is 2. The Morgan fingerprint density at radius 1 is 1.37 bits per heavy atom. The van der Waals surface area contributed by atoms with Crippen LogP contribution in [0.3, 0.4) is 0 Å². The van der Waals surface area contributed by atoms with Gasteiger partial charge in [0.1, 0.15) is 11.5 Å². The number of carbonyl (C=O) groups is 1. The molecule has 0 saturated heterocycles. The van der Waals surface area contributed by atoms with Gasteiger partial charge in [0.25, 0.3) is 5.91 Å². The van der Waals surface area contributed by atoms with E-state index in [4.69, 9.17) is 4.74 Å². The lowest BCUT2D eigenvalue weighted by Gasteiger charge is -2.10. The second kappa shape index (κ2) is 7.63. The molecule has 1 aromatic rings. The molecule has 0 aliphatic rings. The summed E-state index contributed by atoms with van der Waals surface area (Å²) in [5, 5.41) is 12.4. The maximum absolute atomic E-state index is 11.9. The highest BCUT2D eigenvalue weighted by Gasteiger charge is 2.11. The summed E-state index contributed by atoms with van der Waals surface area (Å²) in [6.45, 7) is 1.60. The summed E-state index contributed by atoms with van der Waals surface area (Å²) in [6, 6.07) is 4.60. The Kier molecular flexibility index (Phi) is 6.15. The maximum atomic E-state index is 11.9. The Morgan fingerprint density at radius 3 is 2.74 bits per heavy atom. The summed E-state index contributed by atoms with van der Waals surface area (Å²) >= 11 is 0. The summed E-state index contributed by atoms with van der Waals surface area (Å²) in [5.41, 5.74) is 0.243. The zero-order valence-corrected chi connectivity index (χ0v) is 11.8. The number of nitrogens with one attached hydrogen (secondary N) is 1. The van der Waals surface area contributed by atoms with Gasteiger partial charge < -0.3 is 20.1 Å². The van der Waals surface area contributed by atoms with Crippen molar-refractivity contribution in [3.63, 3.8) is 0 Å². The molecule has 1 rings (SSSR count). The van der Waals surface area contributed by atoms with Crippen molar-refractivity contribution in [2.45, 2.75) is 12.8 Å². The highest BCUT2D eigenvalue weighted by Crippen LogP contribution is 2.22. The normalized spacial score (nSPS) is 10.5. The van der Waals surface area contributed by atoms with Gasteiger partial charge in [0.2, 0.25) is 0 Å². The minimum atomic E-state index is -0.277. The predicted octanol–water partition coefficient (Wildman–Crippen LogP) is 1.47. The van der Waals surface area contributed by atoms with Crippen LogP contribution >= 0.6 is 0 Å². The van der Waals surface area contributed by atoms with Crippen LogP contribution in [-0.2, 0) is 0 Å². The average Bonchev–Trinajstić information content (AvgIpc) is 2.38. The van der Waals surface area contributed by atoms with Gasteiger partial charge in [0.15, 0.2) is 0 Å². The van der Waals surface area contributed by atoms with E-state index in [2.05, 4.69) is 10.2 Å². The summed E-state index contributed by atoms with van der Waals surface area (Å²) in [6.07, 6.45) is 1.94. The standard InChI is InChI=1S/C14H22N2O3/c1-16(2)9-5-4-8-15-14(18)12-10-11(19-3)6-7-13(12)17/h6-7,10,17H,4-5,8-9H2,1-3H3,(H,15,18). The largest absolute Gasteiger partial charge is 0.507 e. The molecular weight excluding hydrogens is 244 g/mol. The summed E-state index contributed by atoms with van der Waals surface area (Å²) in [5.74, 6) is 0.239.